The molecule has 2 rings (SSSR count). The summed E-state index contributed by atoms with van der Waals surface area (Å²) in [5.74, 6) is -1.14. The molecule has 0 saturated heterocycles. The van der Waals surface area contributed by atoms with E-state index in [0.717, 1.165) is 23.8 Å². The highest BCUT2D eigenvalue weighted by Gasteiger charge is 2.16. The molecule has 0 spiro atoms. The van der Waals surface area contributed by atoms with Crippen molar-refractivity contribution in [2.75, 3.05) is 13.6 Å². The second-order valence-corrected chi connectivity index (χ2v) is 4.86. The summed E-state index contributed by atoms with van der Waals surface area (Å²) in [4.78, 5) is 1.87. The summed E-state index contributed by atoms with van der Waals surface area (Å²) < 4.78 is 26.7. The SMILES string of the molecule is CN(Cc1ccccc1)CC(O)c1cc(F)ccc1F. The first kappa shape index (κ1) is 14.6. The maximum atomic E-state index is 13.6. The van der Waals surface area contributed by atoms with Gasteiger partial charge in [-0.05, 0) is 30.8 Å². The first-order chi connectivity index (χ1) is 9.56. The summed E-state index contributed by atoms with van der Waals surface area (Å²) in [6, 6.07) is 12.9. The second-order valence-electron chi connectivity index (χ2n) is 4.86. The van der Waals surface area contributed by atoms with E-state index in [1.165, 1.54) is 0 Å². The molecule has 0 aliphatic heterocycles. The highest BCUT2D eigenvalue weighted by molar-refractivity contribution is 5.21. The second kappa shape index (κ2) is 6.59. The highest BCUT2D eigenvalue weighted by Crippen LogP contribution is 2.19. The fourth-order valence-electron chi connectivity index (χ4n) is 2.12. The molecule has 0 radical (unpaired) electrons. The summed E-state index contributed by atoms with van der Waals surface area (Å²) >= 11 is 0. The van der Waals surface area contributed by atoms with Crippen LogP contribution in [0.2, 0.25) is 0 Å². The van der Waals surface area contributed by atoms with Gasteiger partial charge in [-0.1, -0.05) is 30.3 Å². The molecule has 0 aliphatic carbocycles. The van der Waals surface area contributed by atoms with Gasteiger partial charge in [0.2, 0.25) is 0 Å². The van der Waals surface area contributed by atoms with Crippen molar-refractivity contribution in [2.45, 2.75) is 12.6 Å². The van der Waals surface area contributed by atoms with Crippen LogP contribution in [0.15, 0.2) is 48.5 Å². The Morgan fingerprint density at radius 2 is 1.80 bits per heavy atom. The van der Waals surface area contributed by atoms with Gasteiger partial charge in [0.25, 0.3) is 0 Å². The van der Waals surface area contributed by atoms with Crippen LogP contribution in [0.4, 0.5) is 8.78 Å². The van der Waals surface area contributed by atoms with Crippen LogP contribution in [0, 0.1) is 11.6 Å². The molecule has 1 N–H and O–H groups in total. The third-order valence-electron chi connectivity index (χ3n) is 3.10. The lowest BCUT2D eigenvalue weighted by Gasteiger charge is -2.21. The summed E-state index contributed by atoms with van der Waals surface area (Å²) in [6.07, 6.45) is -1.06. The van der Waals surface area contributed by atoms with Crippen LogP contribution >= 0.6 is 0 Å². The van der Waals surface area contributed by atoms with Crippen LogP contribution in [0.25, 0.3) is 0 Å². The van der Waals surface area contributed by atoms with Crippen molar-refractivity contribution >= 4 is 0 Å². The lowest BCUT2D eigenvalue weighted by molar-refractivity contribution is 0.120. The van der Waals surface area contributed by atoms with E-state index in [4.69, 9.17) is 0 Å². The summed E-state index contributed by atoms with van der Waals surface area (Å²) in [7, 11) is 1.83. The lowest BCUT2D eigenvalue weighted by Crippen LogP contribution is -2.24. The molecule has 2 aromatic carbocycles. The van der Waals surface area contributed by atoms with Crippen LogP contribution in [0.5, 0.6) is 0 Å². The zero-order chi connectivity index (χ0) is 14.5. The minimum atomic E-state index is -1.06. The molecule has 4 heteroatoms. The number of nitrogens with zero attached hydrogens (tertiary/aromatic N) is 1. The number of aliphatic hydroxyl groups excluding tert-OH is 1. The van der Waals surface area contributed by atoms with Crippen LogP contribution in [-0.2, 0) is 6.54 Å². The Hall–Kier alpha value is -1.78. The first-order valence-corrected chi connectivity index (χ1v) is 6.42. The monoisotopic (exact) mass is 277 g/mol. The standard InChI is InChI=1S/C16H17F2NO/c1-19(10-12-5-3-2-4-6-12)11-16(20)14-9-13(17)7-8-15(14)18/h2-9,16,20H,10-11H2,1H3. The van der Waals surface area contributed by atoms with E-state index >= 15 is 0 Å². The number of likely N-dealkylation sites (N-methyl/N-ethyl adjacent to an activating group) is 1. The molecule has 1 atom stereocenters. The normalized spacial score (nSPS) is 12.7. The maximum Gasteiger partial charge on any atom is 0.129 e. The van der Waals surface area contributed by atoms with Gasteiger partial charge in [-0.3, -0.25) is 4.90 Å². The van der Waals surface area contributed by atoms with Crippen LogP contribution in [-0.4, -0.2) is 23.6 Å². The first-order valence-electron chi connectivity index (χ1n) is 6.42. The summed E-state index contributed by atoms with van der Waals surface area (Å²) in [6.45, 7) is 0.865. The van der Waals surface area contributed by atoms with Gasteiger partial charge >= 0.3 is 0 Å². The topological polar surface area (TPSA) is 23.5 Å². The third kappa shape index (κ3) is 3.85. The molecule has 1 unspecified atom stereocenters. The Morgan fingerprint density at radius 3 is 2.50 bits per heavy atom. The van der Waals surface area contributed by atoms with Gasteiger partial charge in [0.15, 0.2) is 0 Å². The lowest BCUT2D eigenvalue weighted by atomic mass is 10.1. The fraction of sp³-hybridized carbons (Fsp3) is 0.250. The van der Waals surface area contributed by atoms with Gasteiger partial charge in [0.1, 0.15) is 11.6 Å². The quantitative estimate of drug-likeness (QED) is 0.907. The predicted molar refractivity (Wildman–Crippen MR) is 74.1 cm³/mol. The zero-order valence-electron chi connectivity index (χ0n) is 11.3. The number of hydrogen-bond acceptors (Lipinski definition) is 2. The van der Waals surface area contributed by atoms with Crippen LogP contribution in [0.3, 0.4) is 0 Å². The molecule has 0 saturated carbocycles. The smallest absolute Gasteiger partial charge is 0.129 e. The number of halogens is 2. The Balaban J connectivity index is 2.00. The molecule has 0 aliphatic rings. The molecule has 0 fully saturated rings. The summed E-state index contributed by atoms with van der Waals surface area (Å²) in [5.41, 5.74) is 1.09. The van der Waals surface area contributed by atoms with E-state index in [1.54, 1.807) is 0 Å². The average Bonchev–Trinajstić information content (AvgIpc) is 2.42. The molecule has 0 bridgehead atoms. The van der Waals surface area contributed by atoms with E-state index in [9.17, 15) is 13.9 Å². The highest BCUT2D eigenvalue weighted by atomic mass is 19.1. The van der Waals surface area contributed by atoms with Crippen molar-refractivity contribution in [1.82, 2.24) is 4.90 Å². The Kier molecular flexibility index (Phi) is 4.82. The van der Waals surface area contributed by atoms with Crippen molar-refractivity contribution in [3.63, 3.8) is 0 Å². The number of benzene rings is 2. The van der Waals surface area contributed by atoms with Gasteiger partial charge in [-0.2, -0.15) is 0 Å². The van der Waals surface area contributed by atoms with Gasteiger partial charge in [0, 0.05) is 18.7 Å². The van der Waals surface area contributed by atoms with Gasteiger partial charge < -0.3 is 5.11 Å². The van der Waals surface area contributed by atoms with Gasteiger partial charge in [-0.25, -0.2) is 8.78 Å². The zero-order valence-corrected chi connectivity index (χ0v) is 11.3. The minimum absolute atomic E-state index is 0.00934. The molecule has 20 heavy (non-hydrogen) atoms. The molecule has 0 heterocycles. The fourth-order valence-corrected chi connectivity index (χ4v) is 2.12. The molecule has 2 nitrogen and oxygen atoms in total. The van der Waals surface area contributed by atoms with Gasteiger partial charge in [-0.15, -0.1) is 0 Å². The predicted octanol–water partition coefficient (Wildman–Crippen LogP) is 3.13. The maximum absolute atomic E-state index is 13.6. The Bertz CT molecular complexity index is 560. The van der Waals surface area contributed by atoms with Crippen molar-refractivity contribution < 1.29 is 13.9 Å². The number of rotatable bonds is 5. The molecule has 0 amide bonds. The number of hydrogen-bond donors (Lipinski definition) is 1. The van der Waals surface area contributed by atoms with Crippen LogP contribution < -0.4 is 0 Å². The molecule has 0 aromatic heterocycles. The molecule has 106 valence electrons. The summed E-state index contributed by atoms with van der Waals surface area (Å²) in [5, 5.41) is 10.0. The Labute approximate surface area is 117 Å². The molecule has 2 aromatic rings. The van der Waals surface area contributed by atoms with E-state index in [2.05, 4.69) is 0 Å². The van der Waals surface area contributed by atoms with Crippen molar-refractivity contribution in [2.24, 2.45) is 0 Å². The largest absolute Gasteiger partial charge is 0.387 e. The van der Waals surface area contributed by atoms with E-state index < -0.39 is 17.7 Å². The van der Waals surface area contributed by atoms with E-state index in [-0.39, 0.29) is 12.1 Å². The van der Waals surface area contributed by atoms with Crippen molar-refractivity contribution in [1.29, 1.82) is 0 Å². The van der Waals surface area contributed by atoms with Gasteiger partial charge in [0.05, 0.1) is 6.10 Å². The third-order valence-corrected chi connectivity index (χ3v) is 3.10. The minimum Gasteiger partial charge on any atom is -0.387 e. The van der Waals surface area contributed by atoms with Crippen molar-refractivity contribution in [3.8, 4) is 0 Å². The molecular weight excluding hydrogens is 260 g/mol. The van der Waals surface area contributed by atoms with Crippen molar-refractivity contribution in [3.05, 3.63) is 71.3 Å². The van der Waals surface area contributed by atoms with Crippen LogP contribution in [0.1, 0.15) is 17.2 Å². The van der Waals surface area contributed by atoms with E-state index in [1.807, 2.05) is 42.3 Å². The molecular formula is C16H17F2NO. The number of aliphatic hydroxyl groups is 1. The van der Waals surface area contributed by atoms with E-state index in [0.29, 0.717) is 6.54 Å². The average molecular weight is 277 g/mol. The Morgan fingerprint density at radius 1 is 1.10 bits per heavy atom.